The molecule has 1 aromatic heterocycles. The molecule has 1 atom stereocenters. The molecule has 1 aliphatic heterocycles. The van der Waals surface area contributed by atoms with E-state index in [4.69, 9.17) is 4.74 Å². The van der Waals surface area contributed by atoms with Crippen molar-refractivity contribution >= 4 is 5.97 Å². The van der Waals surface area contributed by atoms with Crippen LogP contribution in [0, 0.1) is 0 Å². The highest BCUT2D eigenvalue weighted by molar-refractivity contribution is 5.90. The molecule has 1 unspecified atom stereocenters. The Morgan fingerprint density at radius 2 is 2.33 bits per heavy atom. The van der Waals surface area contributed by atoms with Crippen molar-refractivity contribution in [2.24, 2.45) is 7.05 Å². The van der Waals surface area contributed by atoms with Crippen LogP contribution >= 0.6 is 0 Å². The molecule has 0 aliphatic carbocycles. The molecule has 0 amide bonds. The fraction of sp³-hybridized carbons (Fsp3) is 0.250. The van der Waals surface area contributed by atoms with E-state index in [1.165, 1.54) is 0 Å². The summed E-state index contributed by atoms with van der Waals surface area (Å²) in [6.07, 6.45) is 3.81. The van der Waals surface area contributed by atoms with E-state index in [1.54, 1.807) is 10.9 Å². The summed E-state index contributed by atoms with van der Waals surface area (Å²) in [5, 5.41) is 13.5. The number of rotatable bonds is 3. The highest BCUT2D eigenvalue weighted by atomic mass is 16.5. The van der Waals surface area contributed by atoms with Crippen LogP contribution in [0.4, 0.5) is 0 Å². The minimum Gasteiger partial charge on any atom is -0.454 e. The van der Waals surface area contributed by atoms with Gasteiger partial charge in [-0.3, -0.25) is 4.68 Å². The number of hydrogen-bond donors (Lipinski definition) is 1. The Morgan fingerprint density at radius 3 is 2.90 bits per heavy atom. The number of aliphatic hydroxyl groups excluding tert-OH is 1. The van der Waals surface area contributed by atoms with Crippen LogP contribution in [0.25, 0.3) is 11.1 Å². The summed E-state index contributed by atoms with van der Waals surface area (Å²) >= 11 is 0. The maximum atomic E-state index is 11.6. The van der Waals surface area contributed by atoms with Crippen molar-refractivity contribution in [3.05, 3.63) is 53.9 Å². The molecule has 108 valence electrons. The lowest BCUT2D eigenvalue weighted by molar-refractivity contribution is -0.139. The second-order valence-corrected chi connectivity index (χ2v) is 5.18. The van der Waals surface area contributed by atoms with Gasteiger partial charge in [0.05, 0.1) is 12.8 Å². The first-order chi connectivity index (χ1) is 10.1. The molecule has 1 aromatic carbocycles. The topological polar surface area (TPSA) is 64.3 Å². The van der Waals surface area contributed by atoms with Crippen LogP contribution in [0.5, 0.6) is 0 Å². The van der Waals surface area contributed by atoms with E-state index in [1.807, 2.05) is 31.4 Å². The minimum atomic E-state index is -0.344. The van der Waals surface area contributed by atoms with E-state index in [2.05, 4.69) is 11.7 Å². The van der Waals surface area contributed by atoms with Gasteiger partial charge < -0.3 is 9.84 Å². The van der Waals surface area contributed by atoms with Crippen molar-refractivity contribution in [1.29, 1.82) is 0 Å². The maximum Gasteiger partial charge on any atom is 0.334 e. The largest absolute Gasteiger partial charge is 0.454 e. The van der Waals surface area contributed by atoms with Gasteiger partial charge in [0.15, 0.2) is 0 Å². The summed E-state index contributed by atoms with van der Waals surface area (Å²) in [5.74, 6) is -0.344. The molecule has 0 bridgehead atoms. The number of aryl methyl sites for hydroxylation is 1. The molecule has 3 rings (SSSR count). The van der Waals surface area contributed by atoms with Gasteiger partial charge in [-0.2, -0.15) is 5.10 Å². The van der Waals surface area contributed by atoms with Crippen molar-refractivity contribution in [1.82, 2.24) is 9.78 Å². The Hall–Kier alpha value is -2.40. The number of aliphatic hydroxyl groups is 1. The van der Waals surface area contributed by atoms with E-state index in [0.29, 0.717) is 12.0 Å². The molecule has 5 nitrogen and oxygen atoms in total. The average Bonchev–Trinajstić information content (AvgIpc) is 3.05. The van der Waals surface area contributed by atoms with Gasteiger partial charge in [-0.15, -0.1) is 0 Å². The number of carbonyl (C=O) groups excluding carboxylic acids is 1. The monoisotopic (exact) mass is 284 g/mol. The number of carbonyl (C=O) groups is 1. The number of nitrogens with zero attached hydrogens (tertiary/aromatic N) is 2. The lowest BCUT2D eigenvalue weighted by Gasteiger charge is -2.15. The van der Waals surface area contributed by atoms with E-state index in [0.717, 1.165) is 22.3 Å². The summed E-state index contributed by atoms with van der Waals surface area (Å²) in [7, 11) is 1.84. The first-order valence-corrected chi connectivity index (χ1v) is 6.70. The first kappa shape index (κ1) is 13.6. The molecule has 1 fully saturated rings. The standard InChI is InChI=1S/C16H16N2O3/c1-10-5-15(21-16(10)20)13-4-3-11(9-19)6-14(13)12-7-17-18(2)8-12/h3-4,6-8,15,19H,1,5,9H2,2H3. The van der Waals surface area contributed by atoms with Crippen molar-refractivity contribution in [3.63, 3.8) is 0 Å². The molecule has 0 spiro atoms. The summed E-state index contributed by atoms with van der Waals surface area (Å²) < 4.78 is 7.09. The number of esters is 1. The van der Waals surface area contributed by atoms with Gasteiger partial charge in [0, 0.05) is 36.4 Å². The average molecular weight is 284 g/mol. The minimum absolute atomic E-state index is 0.0370. The van der Waals surface area contributed by atoms with Gasteiger partial charge in [-0.05, 0) is 17.2 Å². The smallest absolute Gasteiger partial charge is 0.334 e. The molecule has 1 aliphatic rings. The van der Waals surface area contributed by atoms with E-state index >= 15 is 0 Å². The lowest BCUT2D eigenvalue weighted by Crippen LogP contribution is -2.01. The third-order valence-corrected chi connectivity index (χ3v) is 3.63. The second kappa shape index (κ2) is 5.18. The Labute approximate surface area is 122 Å². The summed E-state index contributed by atoms with van der Waals surface area (Å²) in [4.78, 5) is 11.6. The zero-order valence-corrected chi connectivity index (χ0v) is 11.7. The fourth-order valence-corrected chi connectivity index (χ4v) is 2.53. The van der Waals surface area contributed by atoms with Crippen molar-refractivity contribution in [3.8, 4) is 11.1 Å². The Balaban J connectivity index is 2.08. The SMILES string of the molecule is C=C1CC(c2ccc(CO)cc2-c2cnn(C)c2)OC1=O. The molecule has 0 radical (unpaired) electrons. The Bertz CT molecular complexity index is 702. The highest BCUT2D eigenvalue weighted by Gasteiger charge is 2.30. The van der Waals surface area contributed by atoms with Crippen LogP contribution < -0.4 is 0 Å². The molecule has 0 saturated carbocycles. The molecule has 21 heavy (non-hydrogen) atoms. The van der Waals surface area contributed by atoms with Crippen LogP contribution in [0.2, 0.25) is 0 Å². The summed E-state index contributed by atoms with van der Waals surface area (Å²) in [5.41, 5.74) is 4.05. The molecule has 1 N–H and O–H groups in total. The normalized spacial score (nSPS) is 18.1. The van der Waals surface area contributed by atoms with Gasteiger partial charge in [0.25, 0.3) is 0 Å². The summed E-state index contributed by atoms with van der Waals surface area (Å²) in [6, 6.07) is 5.63. The quantitative estimate of drug-likeness (QED) is 0.692. The van der Waals surface area contributed by atoms with Gasteiger partial charge in [-0.25, -0.2) is 4.79 Å². The summed E-state index contributed by atoms with van der Waals surface area (Å²) in [6.45, 7) is 3.68. The van der Waals surface area contributed by atoms with Crippen LogP contribution in [0.15, 0.2) is 42.7 Å². The molecular formula is C16H16N2O3. The van der Waals surface area contributed by atoms with E-state index in [9.17, 15) is 9.90 Å². The Kier molecular flexibility index (Phi) is 3.35. The number of benzene rings is 1. The molecule has 5 heteroatoms. The van der Waals surface area contributed by atoms with E-state index in [-0.39, 0.29) is 18.7 Å². The van der Waals surface area contributed by atoms with Crippen molar-refractivity contribution in [2.45, 2.75) is 19.1 Å². The third-order valence-electron chi connectivity index (χ3n) is 3.63. The van der Waals surface area contributed by atoms with Gasteiger partial charge in [0.1, 0.15) is 6.10 Å². The van der Waals surface area contributed by atoms with Crippen molar-refractivity contribution < 1.29 is 14.6 Å². The van der Waals surface area contributed by atoms with Gasteiger partial charge in [-0.1, -0.05) is 18.7 Å². The van der Waals surface area contributed by atoms with Gasteiger partial charge in [0.2, 0.25) is 0 Å². The van der Waals surface area contributed by atoms with Crippen LogP contribution in [-0.4, -0.2) is 20.9 Å². The van der Waals surface area contributed by atoms with Crippen LogP contribution in [-0.2, 0) is 23.2 Å². The number of aromatic nitrogens is 2. The third kappa shape index (κ3) is 2.48. The first-order valence-electron chi connectivity index (χ1n) is 6.70. The molecule has 2 aromatic rings. The molecular weight excluding hydrogens is 268 g/mol. The maximum absolute atomic E-state index is 11.6. The number of cyclic esters (lactones) is 1. The van der Waals surface area contributed by atoms with Crippen molar-refractivity contribution in [2.75, 3.05) is 0 Å². The van der Waals surface area contributed by atoms with Gasteiger partial charge >= 0.3 is 5.97 Å². The highest BCUT2D eigenvalue weighted by Crippen LogP contribution is 2.38. The second-order valence-electron chi connectivity index (χ2n) is 5.18. The predicted octanol–water partition coefficient (Wildman–Crippen LogP) is 2.12. The Morgan fingerprint density at radius 1 is 1.52 bits per heavy atom. The predicted molar refractivity (Wildman–Crippen MR) is 77.2 cm³/mol. The molecule has 2 heterocycles. The van der Waals surface area contributed by atoms with Crippen LogP contribution in [0.1, 0.15) is 23.7 Å². The molecule has 1 saturated heterocycles. The zero-order valence-electron chi connectivity index (χ0n) is 11.7. The fourth-order valence-electron chi connectivity index (χ4n) is 2.53. The van der Waals surface area contributed by atoms with E-state index < -0.39 is 0 Å². The number of ether oxygens (including phenoxy) is 1. The number of hydrogen-bond acceptors (Lipinski definition) is 4. The lowest BCUT2D eigenvalue weighted by atomic mass is 9.94. The van der Waals surface area contributed by atoms with Crippen LogP contribution in [0.3, 0.4) is 0 Å². The zero-order chi connectivity index (χ0) is 15.0.